The Labute approximate surface area is 207 Å². The SMILES string of the molecule is CC(C)C.CCC.CCCCN(C)C/C(C)=C(/N=C(C)c1cccs1)C(=O)NCC(=O)NC. The summed E-state index contributed by atoms with van der Waals surface area (Å²) in [6, 6.07) is 3.94. The van der Waals surface area contributed by atoms with E-state index < -0.39 is 0 Å². The summed E-state index contributed by atoms with van der Waals surface area (Å²) in [6.45, 7) is 18.3. The Morgan fingerprint density at radius 1 is 1.15 bits per heavy atom. The van der Waals surface area contributed by atoms with E-state index in [9.17, 15) is 9.59 Å². The van der Waals surface area contributed by atoms with Gasteiger partial charge in [-0.05, 0) is 56.8 Å². The van der Waals surface area contributed by atoms with Crippen LogP contribution in [0, 0.1) is 5.92 Å². The number of hydrogen-bond donors (Lipinski definition) is 2. The van der Waals surface area contributed by atoms with E-state index in [1.165, 1.54) is 13.5 Å². The average Bonchev–Trinajstić information content (AvgIpc) is 3.29. The molecule has 0 saturated carbocycles. The fourth-order valence-electron chi connectivity index (χ4n) is 2.37. The van der Waals surface area contributed by atoms with Gasteiger partial charge >= 0.3 is 0 Å². The van der Waals surface area contributed by atoms with Crippen molar-refractivity contribution in [2.24, 2.45) is 10.9 Å². The molecule has 1 rings (SSSR count). The molecular formula is C26H48N4O2S. The smallest absolute Gasteiger partial charge is 0.270 e. The molecule has 7 heteroatoms. The predicted molar refractivity (Wildman–Crippen MR) is 145 cm³/mol. The minimum Gasteiger partial charge on any atom is -0.358 e. The van der Waals surface area contributed by atoms with E-state index in [1.54, 1.807) is 11.3 Å². The molecule has 6 nitrogen and oxygen atoms in total. The molecule has 0 aliphatic carbocycles. The fourth-order valence-corrected chi connectivity index (χ4v) is 3.04. The molecule has 0 aromatic carbocycles. The van der Waals surface area contributed by atoms with Crippen LogP contribution >= 0.6 is 11.3 Å². The van der Waals surface area contributed by atoms with Crippen LogP contribution in [0.3, 0.4) is 0 Å². The molecule has 1 heterocycles. The summed E-state index contributed by atoms with van der Waals surface area (Å²) in [5.41, 5.74) is 2.05. The molecule has 33 heavy (non-hydrogen) atoms. The van der Waals surface area contributed by atoms with E-state index in [0.717, 1.165) is 41.5 Å². The van der Waals surface area contributed by atoms with Crippen LogP contribution in [-0.2, 0) is 9.59 Å². The third-order valence-corrected chi connectivity index (χ3v) is 4.84. The number of carbonyl (C=O) groups excluding carboxylic acids is 2. The van der Waals surface area contributed by atoms with Crippen molar-refractivity contribution in [1.82, 2.24) is 15.5 Å². The highest BCUT2D eigenvalue weighted by Crippen LogP contribution is 2.15. The summed E-state index contributed by atoms with van der Waals surface area (Å²) in [4.78, 5) is 31.9. The van der Waals surface area contributed by atoms with Gasteiger partial charge in [0.2, 0.25) is 5.91 Å². The van der Waals surface area contributed by atoms with Crippen molar-refractivity contribution in [3.63, 3.8) is 0 Å². The van der Waals surface area contributed by atoms with Gasteiger partial charge in [0.25, 0.3) is 5.91 Å². The third-order valence-electron chi connectivity index (χ3n) is 3.87. The number of nitrogens with one attached hydrogen (secondary N) is 2. The lowest BCUT2D eigenvalue weighted by atomic mass is 10.2. The zero-order chi connectivity index (χ0) is 25.8. The lowest BCUT2D eigenvalue weighted by Gasteiger charge is -2.18. The highest BCUT2D eigenvalue weighted by molar-refractivity contribution is 7.12. The van der Waals surface area contributed by atoms with E-state index in [4.69, 9.17) is 0 Å². The first kappa shape index (κ1) is 33.2. The minimum atomic E-state index is -0.328. The van der Waals surface area contributed by atoms with Crippen LogP contribution in [0.4, 0.5) is 0 Å². The monoisotopic (exact) mass is 480 g/mol. The maximum atomic E-state index is 12.6. The topological polar surface area (TPSA) is 73.8 Å². The van der Waals surface area contributed by atoms with Crippen LogP contribution in [0.1, 0.15) is 79.5 Å². The van der Waals surface area contributed by atoms with E-state index in [2.05, 4.69) is 62.1 Å². The Kier molecular flexibility index (Phi) is 20.7. The normalized spacial score (nSPS) is 11.7. The van der Waals surface area contributed by atoms with Crippen molar-refractivity contribution >= 4 is 28.9 Å². The molecule has 0 spiro atoms. The second-order valence-electron chi connectivity index (χ2n) is 8.69. The van der Waals surface area contributed by atoms with Gasteiger partial charge in [-0.1, -0.05) is 60.5 Å². The van der Waals surface area contributed by atoms with E-state index >= 15 is 0 Å². The number of carbonyl (C=O) groups is 2. The molecule has 0 atom stereocenters. The van der Waals surface area contributed by atoms with E-state index in [-0.39, 0.29) is 18.4 Å². The molecular weight excluding hydrogens is 432 g/mol. The summed E-state index contributed by atoms with van der Waals surface area (Å²) < 4.78 is 0. The molecule has 190 valence electrons. The van der Waals surface area contributed by atoms with Gasteiger partial charge in [0.1, 0.15) is 5.70 Å². The Bertz CT molecular complexity index is 707. The first-order valence-corrected chi connectivity index (χ1v) is 12.9. The number of unbranched alkanes of at least 4 members (excludes halogenated alkanes) is 1. The molecule has 0 unspecified atom stereocenters. The van der Waals surface area contributed by atoms with Crippen LogP contribution in [0.15, 0.2) is 33.8 Å². The Morgan fingerprint density at radius 2 is 1.73 bits per heavy atom. The van der Waals surface area contributed by atoms with Gasteiger partial charge in [0.05, 0.1) is 12.3 Å². The van der Waals surface area contributed by atoms with Crippen LogP contribution in [0.25, 0.3) is 0 Å². The van der Waals surface area contributed by atoms with Crippen molar-refractivity contribution in [2.75, 3.05) is 33.7 Å². The number of amides is 2. The molecule has 0 fully saturated rings. The summed E-state index contributed by atoms with van der Waals surface area (Å²) in [5.74, 6) is 0.264. The highest BCUT2D eigenvalue weighted by atomic mass is 32.1. The summed E-state index contributed by atoms with van der Waals surface area (Å²) >= 11 is 1.58. The molecule has 0 aliphatic rings. The Hall–Kier alpha value is -1.99. The molecule has 1 aromatic rings. The highest BCUT2D eigenvalue weighted by Gasteiger charge is 2.15. The van der Waals surface area contributed by atoms with Crippen molar-refractivity contribution in [2.45, 2.75) is 74.7 Å². The summed E-state index contributed by atoms with van der Waals surface area (Å²) in [7, 11) is 3.58. The van der Waals surface area contributed by atoms with Gasteiger partial charge in [-0.25, -0.2) is 4.99 Å². The number of likely N-dealkylation sites (N-methyl/N-ethyl adjacent to an activating group) is 2. The molecule has 2 amide bonds. The number of hydrogen-bond acceptors (Lipinski definition) is 5. The minimum absolute atomic E-state index is 0.0641. The van der Waals surface area contributed by atoms with Gasteiger partial charge in [-0.3, -0.25) is 9.59 Å². The van der Waals surface area contributed by atoms with Gasteiger partial charge in [0, 0.05) is 18.5 Å². The maximum absolute atomic E-state index is 12.6. The fraction of sp³-hybridized carbons (Fsp3) is 0.654. The number of thiophene rings is 1. The molecule has 1 aromatic heterocycles. The third kappa shape index (κ3) is 18.2. The second kappa shape index (κ2) is 20.6. The Morgan fingerprint density at radius 3 is 2.18 bits per heavy atom. The van der Waals surface area contributed by atoms with Crippen molar-refractivity contribution < 1.29 is 9.59 Å². The van der Waals surface area contributed by atoms with Crippen molar-refractivity contribution in [1.29, 1.82) is 0 Å². The first-order chi connectivity index (χ1) is 15.5. The van der Waals surface area contributed by atoms with Gasteiger partial charge in [-0.15, -0.1) is 11.3 Å². The first-order valence-electron chi connectivity index (χ1n) is 12.0. The van der Waals surface area contributed by atoms with E-state index in [1.807, 2.05) is 38.4 Å². The van der Waals surface area contributed by atoms with Crippen LogP contribution in [0.5, 0.6) is 0 Å². The molecule has 0 saturated heterocycles. The quantitative estimate of drug-likeness (QED) is 0.343. The van der Waals surface area contributed by atoms with Gasteiger partial charge in [-0.2, -0.15) is 0 Å². The number of rotatable bonds is 10. The van der Waals surface area contributed by atoms with Crippen molar-refractivity contribution in [3.8, 4) is 0 Å². The predicted octanol–water partition coefficient (Wildman–Crippen LogP) is 5.50. The number of aliphatic imine (C=N–C) groups is 1. The van der Waals surface area contributed by atoms with Gasteiger partial charge < -0.3 is 15.5 Å². The lowest BCUT2D eigenvalue weighted by molar-refractivity contribution is -0.124. The zero-order valence-corrected chi connectivity index (χ0v) is 23.5. The lowest BCUT2D eigenvalue weighted by Crippen LogP contribution is -2.36. The van der Waals surface area contributed by atoms with Crippen LogP contribution in [0.2, 0.25) is 0 Å². The van der Waals surface area contributed by atoms with Gasteiger partial charge in [0.15, 0.2) is 0 Å². The zero-order valence-electron chi connectivity index (χ0n) is 22.7. The average molecular weight is 481 g/mol. The summed E-state index contributed by atoms with van der Waals surface area (Å²) in [6.07, 6.45) is 3.49. The van der Waals surface area contributed by atoms with Crippen LogP contribution in [-0.4, -0.2) is 56.2 Å². The van der Waals surface area contributed by atoms with Crippen molar-refractivity contribution in [3.05, 3.63) is 33.7 Å². The molecule has 0 bridgehead atoms. The molecule has 0 aliphatic heterocycles. The Balaban J connectivity index is 0. The second-order valence-corrected chi connectivity index (χ2v) is 9.64. The maximum Gasteiger partial charge on any atom is 0.270 e. The summed E-state index contributed by atoms with van der Waals surface area (Å²) in [5, 5.41) is 7.13. The largest absolute Gasteiger partial charge is 0.358 e. The number of nitrogens with zero attached hydrogens (tertiary/aromatic N) is 2. The van der Waals surface area contributed by atoms with Crippen LogP contribution < -0.4 is 10.6 Å². The molecule has 0 radical (unpaired) electrons. The van der Waals surface area contributed by atoms with E-state index in [0.29, 0.717) is 12.2 Å². The standard InChI is InChI=1S/C19H30N4O2S.C4H10.C3H8/c1-6-7-10-23(5)13-14(2)18(19(25)21-12-17(24)20-4)22-15(3)16-9-8-11-26-16;1-4(2)3;1-3-2/h8-9,11H,6-7,10,12-13H2,1-5H3,(H,20,24)(H,21,25);4H,1-3H3;3H2,1-2H3/b18-14+,22-15?;;. The molecule has 2 N–H and O–H groups in total.